The first kappa shape index (κ1) is 16.4. The van der Waals surface area contributed by atoms with Gasteiger partial charge in [0.05, 0.1) is 23.9 Å². The predicted molar refractivity (Wildman–Crippen MR) is 90.4 cm³/mol. The van der Waals surface area contributed by atoms with Crippen LogP contribution in [0.15, 0.2) is 47.9 Å². The highest BCUT2D eigenvalue weighted by Crippen LogP contribution is 2.19. The minimum atomic E-state index is -3.62. The molecule has 0 radical (unpaired) electrons. The fourth-order valence-corrected chi connectivity index (χ4v) is 3.68. The van der Waals surface area contributed by atoms with Gasteiger partial charge in [0.2, 0.25) is 0 Å². The van der Waals surface area contributed by atoms with Crippen molar-refractivity contribution in [2.24, 2.45) is 0 Å². The Morgan fingerprint density at radius 1 is 1.21 bits per heavy atom. The Hall–Kier alpha value is -2.45. The quantitative estimate of drug-likeness (QED) is 0.742. The van der Waals surface area contributed by atoms with Crippen molar-refractivity contribution >= 4 is 10.0 Å². The van der Waals surface area contributed by atoms with E-state index in [1.807, 2.05) is 48.9 Å². The van der Waals surface area contributed by atoms with Gasteiger partial charge in [0, 0.05) is 11.7 Å². The van der Waals surface area contributed by atoms with Crippen LogP contribution in [0.3, 0.4) is 0 Å². The van der Waals surface area contributed by atoms with E-state index in [9.17, 15) is 8.42 Å². The van der Waals surface area contributed by atoms with Gasteiger partial charge in [-0.25, -0.2) is 22.8 Å². The summed E-state index contributed by atoms with van der Waals surface area (Å²) in [6.45, 7) is 5.74. The highest BCUT2D eigenvalue weighted by atomic mass is 32.2. The molecule has 1 unspecified atom stereocenters. The van der Waals surface area contributed by atoms with E-state index in [0.717, 1.165) is 22.6 Å². The van der Waals surface area contributed by atoms with Gasteiger partial charge in [-0.1, -0.05) is 12.1 Å². The van der Waals surface area contributed by atoms with E-state index in [4.69, 9.17) is 0 Å². The third-order valence-corrected chi connectivity index (χ3v) is 5.21. The molecule has 2 N–H and O–H groups in total. The molecule has 0 saturated heterocycles. The predicted octanol–water partition coefficient (Wildman–Crippen LogP) is 2.25. The topological polar surface area (TPSA) is 92.7 Å². The van der Waals surface area contributed by atoms with Crippen LogP contribution in [-0.2, 0) is 10.0 Å². The molecule has 0 aliphatic heterocycles. The SMILES string of the molecule is Cc1cc(C)n(-c2ccc(C(C)NS(=O)(=O)c3cnc[nH]3)cc2)n1. The van der Waals surface area contributed by atoms with Crippen LogP contribution < -0.4 is 4.72 Å². The van der Waals surface area contributed by atoms with Crippen LogP contribution in [0.4, 0.5) is 0 Å². The van der Waals surface area contributed by atoms with Gasteiger partial charge in [0.25, 0.3) is 10.0 Å². The number of H-pyrrole nitrogens is 1. The van der Waals surface area contributed by atoms with Crippen molar-refractivity contribution in [3.63, 3.8) is 0 Å². The van der Waals surface area contributed by atoms with Crippen molar-refractivity contribution in [1.82, 2.24) is 24.5 Å². The largest absolute Gasteiger partial charge is 0.335 e. The first-order valence-electron chi connectivity index (χ1n) is 7.51. The highest BCUT2D eigenvalue weighted by Gasteiger charge is 2.19. The van der Waals surface area contributed by atoms with Crippen LogP contribution in [0.5, 0.6) is 0 Å². The number of aryl methyl sites for hydroxylation is 2. The molecule has 0 aliphatic rings. The average molecular weight is 345 g/mol. The van der Waals surface area contributed by atoms with Crippen LogP contribution in [0.2, 0.25) is 0 Å². The second kappa shape index (κ2) is 6.21. The minimum absolute atomic E-state index is 0.0496. The summed E-state index contributed by atoms with van der Waals surface area (Å²) < 4.78 is 28.9. The molecule has 0 bridgehead atoms. The number of hydrogen-bond donors (Lipinski definition) is 2. The van der Waals surface area contributed by atoms with Crippen LogP contribution in [0, 0.1) is 13.8 Å². The molecule has 3 rings (SSSR count). The van der Waals surface area contributed by atoms with E-state index in [-0.39, 0.29) is 11.1 Å². The Labute approximate surface area is 140 Å². The van der Waals surface area contributed by atoms with E-state index < -0.39 is 10.0 Å². The molecule has 1 atom stereocenters. The third-order valence-electron chi connectivity index (χ3n) is 3.74. The molecular weight excluding hydrogens is 326 g/mol. The molecular formula is C16H19N5O2S. The molecule has 24 heavy (non-hydrogen) atoms. The maximum Gasteiger partial charge on any atom is 0.258 e. The van der Waals surface area contributed by atoms with Crippen LogP contribution in [0.1, 0.15) is 29.9 Å². The Bertz CT molecular complexity index is 928. The Balaban J connectivity index is 1.79. The molecule has 0 saturated carbocycles. The van der Waals surface area contributed by atoms with Gasteiger partial charge in [0.15, 0.2) is 5.03 Å². The number of rotatable bonds is 5. The van der Waals surface area contributed by atoms with E-state index in [1.54, 1.807) is 6.92 Å². The number of aromatic amines is 1. The normalized spacial score (nSPS) is 13.1. The minimum Gasteiger partial charge on any atom is -0.335 e. The molecule has 1 aromatic carbocycles. The first-order chi connectivity index (χ1) is 11.4. The zero-order valence-corrected chi connectivity index (χ0v) is 14.5. The van der Waals surface area contributed by atoms with Crippen LogP contribution >= 0.6 is 0 Å². The zero-order chi connectivity index (χ0) is 17.3. The molecule has 126 valence electrons. The number of hydrogen-bond acceptors (Lipinski definition) is 4. The first-order valence-corrected chi connectivity index (χ1v) is 8.99. The lowest BCUT2D eigenvalue weighted by molar-refractivity contribution is 0.564. The van der Waals surface area contributed by atoms with Gasteiger partial charge < -0.3 is 4.98 Å². The summed E-state index contributed by atoms with van der Waals surface area (Å²) in [5.41, 5.74) is 3.81. The standard InChI is InChI=1S/C16H19N5O2S/c1-11-8-12(2)21(19-11)15-6-4-14(5-7-15)13(3)20-24(22,23)16-9-17-10-18-16/h4-10,13,20H,1-3H3,(H,17,18). The van der Waals surface area contributed by atoms with Crippen molar-refractivity contribution in [2.75, 3.05) is 0 Å². The maximum atomic E-state index is 12.2. The Kier molecular flexibility index (Phi) is 4.25. The summed E-state index contributed by atoms with van der Waals surface area (Å²) in [5, 5.41) is 4.49. The van der Waals surface area contributed by atoms with Crippen molar-refractivity contribution in [1.29, 1.82) is 0 Å². The van der Waals surface area contributed by atoms with Crippen molar-refractivity contribution in [3.8, 4) is 5.69 Å². The molecule has 2 heterocycles. The molecule has 0 amide bonds. The molecule has 0 fully saturated rings. The lowest BCUT2D eigenvalue weighted by Gasteiger charge is -2.14. The van der Waals surface area contributed by atoms with Gasteiger partial charge in [-0.05, 0) is 44.5 Å². The smallest absolute Gasteiger partial charge is 0.258 e. The highest BCUT2D eigenvalue weighted by molar-refractivity contribution is 7.89. The van der Waals surface area contributed by atoms with Crippen molar-refractivity contribution in [3.05, 3.63) is 59.8 Å². The zero-order valence-electron chi connectivity index (χ0n) is 13.7. The van der Waals surface area contributed by atoms with E-state index in [1.165, 1.54) is 12.5 Å². The third kappa shape index (κ3) is 3.24. The molecule has 7 nitrogen and oxygen atoms in total. The number of aromatic nitrogens is 4. The molecule has 0 aliphatic carbocycles. The summed E-state index contributed by atoms with van der Waals surface area (Å²) >= 11 is 0. The molecule has 8 heteroatoms. The molecule has 2 aromatic heterocycles. The molecule has 3 aromatic rings. The summed E-state index contributed by atoms with van der Waals surface area (Å²) in [6.07, 6.45) is 2.61. The lowest BCUT2D eigenvalue weighted by atomic mass is 10.1. The van der Waals surface area contributed by atoms with E-state index in [0.29, 0.717) is 0 Å². The van der Waals surface area contributed by atoms with Gasteiger partial charge in [-0.3, -0.25) is 0 Å². The maximum absolute atomic E-state index is 12.2. The van der Waals surface area contributed by atoms with Gasteiger partial charge >= 0.3 is 0 Å². The number of sulfonamides is 1. The Morgan fingerprint density at radius 2 is 1.92 bits per heavy atom. The van der Waals surface area contributed by atoms with Crippen LogP contribution in [-0.4, -0.2) is 28.2 Å². The fourth-order valence-electron chi connectivity index (χ4n) is 2.55. The average Bonchev–Trinajstić information content (AvgIpc) is 3.17. The summed E-state index contributed by atoms with van der Waals surface area (Å²) in [4.78, 5) is 6.34. The Morgan fingerprint density at radius 3 is 2.46 bits per heavy atom. The second-order valence-corrected chi connectivity index (χ2v) is 7.37. The summed E-state index contributed by atoms with van der Waals surface area (Å²) in [7, 11) is -3.62. The van der Waals surface area contributed by atoms with Crippen molar-refractivity contribution in [2.45, 2.75) is 31.8 Å². The lowest BCUT2D eigenvalue weighted by Crippen LogP contribution is -2.27. The number of nitrogens with one attached hydrogen (secondary N) is 2. The number of nitrogens with zero attached hydrogens (tertiary/aromatic N) is 3. The van der Waals surface area contributed by atoms with Crippen molar-refractivity contribution < 1.29 is 8.42 Å². The summed E-state index contributed by atoms with van der Waals surface area (Å²) in [5.74, 6) is 0. The number of imidazole rings is 1. The monoisotopic (exact) mass is 345 g/mol. The number of benzene rings is 1. The van der Waals surface area contributed by atoms with Gasteiger partial charge in [-0.15, -0.1) is 0 Å². The van der Waals surface area contributed by atoms with Gasteiger partial charge in [-0.2, -0.15) is 5.10 Å². The van der Waals surface area contributed by atoms with E-state index >= 15 is 0 Å². The second-order valence-electron chi connectivity index (χ2n) is 5.69. The molecule has 0 spiro atoms. The van der Waals surface area contributed by atoms with Crippen LogP contribution in [0.25, 0.3) is 5.69 Å². The van der Waals surface area contributed by atoms with E-state index in [2.05, 4.69) is 19.8 Å². The van der Waals surface area contributed by atoms with Gasteiger partial charge in [0.1, 0.15) is 0 Å². The fraction of sp³-hybridized carbons (Fsp3) is 0.250. The summed E-state index contributed by atoms with van der Waals surface area (Å²) in [6, 6.07) is 9.28.